The van der Waals surface area contributed by atoms with Crippen LogP contribution in [0.25, 0.3) is 0 Å². The Kier molecular flexibility index (Phi) is 33.4. The fraction of sp³-hybridized carbons (Fsp3) is 0.382. The number of Topliss-reactive ketones (excluding diaryl/α,β-unsaturated/α-hetero) is 3. The molecule has 0 spiro atoms. The normalized spacial score (nSPS) is 8.40. The Morgan fingerprint density at radius 3 is 1.04 bits per heavy atom. The summed E-state index contributed by atoms with van der Waals surface area (Å²) in [5.41, 5.74) is 7.44. The molecule has 0 aromatic heterocycles. The van der Waals surface area contributed by atoms with Crippen LogP contribution in [0.4, 0.5) is 17.1 Å². The van der Waals surface area contributed by atoms with E-state index < -0.39 is 9.85 Å². The Morgan fingerprint density at radius 2 is 0.830 bits per heavy atom. The lowest BCUT2D eigenvalue weighted by atomic mass is 10.2. The number of aryl methyl sites for hydroxylation is 1. The van der Waals surface area contributed by atoms with Crippen LogP contribution in [0.2, 0.25) is 0 Å². The van der Waals surface area contributed by atoms with Crippen LogP contribution in [0.3, 0.4) is 0 Å². The number of non-ortho nitro benzene ring substituents is 2. The number of rotatable bonds is 7. The molecule has 0 bridgehead atoms. The number of hydrogen-bond acceptors (Lipinski definition) is 11. The number of carbonyl (C=O) groups excluding carboxylic acids is 3. The van der Waals surface area contributed by atoms with Gasteiger partial charge in [0.15, 0.2) is 0 Å². The molecule has 3 aromatic carbocycles. The molecule has 0 aliphatic heterocycles. The lowest BCUT2D eigenvalue weighted by Gasteiger charge is -1.97. The first kappa shape index (κ1) is 48.7. The van der Waals surface area contributed by atoms with Crippen molar-refractivity contribution in [3.05, 3.63) is 98.6 Å². The summed E-state index contributed by atoms with van der Waals surface area (Å²) < 4.78 is 9.74. The van der Waals surface area contributed by atoms with Crippen molar-refractivity contribution in [2.45, 2.75) is 67.7 Å². The van der Waals surface area contributed by atoms with Crippen LogP contribution in [0.15, 0.2) is 72.8 Å². The van der Waals surface area contributed by atoms with Gasteiger partial charge in [-0.2, -0.15) is 7.11 Å². The van der Waals surface area contributed by atoms with Crippen molar-refractivity contribution < 1.29 is 38.8 Å². The first-order valence-corrected chi connectivity index (χ1v) is 14.4. The molecule has 0 aliphatic carbocycles. The number of methoxy groups -OCH3 is 2. The molecule has 2 N–H and O–H groups in total. The summed E-state index contributed by atoms with van der Waals surface area (Å²) in [7, 11) is 3.90. The van der Waals surface area contributed by atoms with E-state index in [0.717, 1.165) is 24.1 Å². The average Bonchev–Trinajstić information content (AvgIpc) is 3.07. The van der Waals surface area contributed by atoms with E-state index in [0.29, 0.717) is 25.0 Å². The van der Waals surface area contributed by atoms with Crippen LogP contribution in [0.1, 0.15) is 66.4 Å². The summed E-state index contributed by atoms with van der Waals surface area (Å²) in [5, 5.41) is 28.5. The van der Waals surface area contributed by atoms with Gasteiger partial charge in [0.25, 0.3) is 11.4 Å². The molecular weight excluding hydrogens is 610 g/mol. The number of hydrogen-bond donors (Lipinski definition) is 1. The fourth-order valence-corrected chi connectivity index (χ4v) is 1.97. The number of benzene rings is 3. The van der Waals surface area contributed by atoms with Crippen LogP contribution in [0.5, 0.6) is 11.5 Å². The van der Waals surface area contributed by atoms with Crippen molar-refractivity contribution in [1.29, 1.82) is 0 Å². The zero-order valence-corrected chi connectivity index (χ0v) is 29.1. The van der Waals surface area contributed by atoms with Gasteiger partial charge in [-0.1, -0.05) is 38.5 Å². The maximum Gasteiger partial charge on any atom is 0.269 e. The summed E-state index contributed by atoms with van der Waals surface area (Å²) >= 11 is 0. The maximum atomic E-state index is 10.2. The molecule has 0 saturated heterocycles. The molecule has 0 aliphatic rings. The number of ketones is 3. The summed E-state index contributed by atoms with van der Waals surface area (Å²) in [4.78, 5) is 48.9. The third-order valence-electron chi connectivity index (χ3n) is 5.14. The standard InChI is InChI=1S/C7H7NO3.C7H7NO2.C7H9NO.3C4H8O.CH3O/c1-11-7-4-2-6(3-5-7)8(9)10;1-6-2-4-7(5-3-6)8(9)10;1-9-7-4-2-6(8)3-5-7;3*1-3-4(2)5;1-2/h2-5H,1H3;2-5H,1H3;2-5H,8H2,1H3;3*3H2,1-2H3;1H3/q;;;;;;-1. The number of anilines is 1. The lowest BCUT2D eigenvalue weighted by Crippen LogP contribution is -1.87. The van der Waals surface area contributed by atoms with Gasteiger partial charge in [-0.05, 0) is 64.1 Å². The highest BCUT2D eigenvalue weighted by Gasteiger charge is 2.03. The van der Waals surface area contributed by atoms with E-state index >= 15 is 0 Å². The Morgan fingerprint density at radius 1 is 0.596 bits per heavy atom. The average molecular weight is 661 g/mol. The maximum absolute atomic E-state index is 10.2. The van der Waals surface area contributed by atoms with Gasteiger partial charge in [-0.15, -0.1) is 0 Å². The molecule has 13 nitrogen and oxygen atoms in total. The Hall–Kier alpha value is -5.17. The van der Waals surface area contributed by atoms with Gasteiger partial charge in [0.2, 0.25) is 0 Å². The van der Waals surface area contributed by atoms with Crippen molar-refractivity contribution in [1.82, 2.24) is 0 Å². The minimum Gasteiger partial charge on any atom is -0.857 e. The highest BCUT2D eigenvalue weighted by molar-refractivity contribution is 5.75. The Labute approximate surface area is 278 Å². The van der Waals surface area contributed by atoms with E-state index in [1.807, 2.05) is 39.8 Å². The predicted octanol–water partition coefficient (Wildman–Crippen LogP) is 6.72. The molecule has 3 rings (SSSR count). The second-order valence-electron chi connectivity index (χ2n) is 8.99. The lowest BCUT2D eigenvalue weighted by molar-refractivity contribution is -0.385. The molecule has 0 heterocycles. The van der Waals surface area contributed by atoms with Gasteiger partial charge in [0.1, 0.15) is 28.8 Å². The molecule has 262 valence electrons. The van der Waals surface area contributed by atoms with E-state index in [1.165, 1.54) is 31.4 Å². The van der Waals surface area contributed by atoms with Crippen LogP contribution >= 0.6 is 0 Å². The van der Waals surface area contributed by atoms with E-state index in [-0.39, 0.29) is 28.7 Å². The molecular formula is C34H50N3O10-. The van der Waals surface area contributed by atoms with Crippen LogP contribution < -0.4 is 20.3 Å². The van der Waals surface area contributed by atoms with Crippen molar-refractivity contribution in [2.75, 3.05) is 27.1 Å². The SMILES string of the molecule is CCC(C)=O.CCC(C)=O.CCC(C)=O.COc1ccc(N)cc1.COc1ccc([N+](=O)[O-])cc1.C[O-].Cc1ccc([N+](=O)[O-])cc1. The number of nitro benzene ring substituents is 2. The van der Waals surface area contributed by atoms with Gasteiger partial charge >= 0.3 is 0 Å². The third kappa shape index (κ3) is 33.6. The van der Waals surface area contributed by atoms with Crippen molar-refractivity contribution in [3.63, 3.8) is 0 Å². The van der Waals surface area contributed by atoms with Gasteiger partial charge in [0.05, 0.1) is 24.1 Å². The summed E-state index contributed by atoms with van der Waals surface area (Å²) in [5.74, 6) is 2.22. The molecule has 0 radical (unpaired) electrons. The zero-order chi connectivity index (χ0) is 37.4. The van der Waals surface area contributed by atoms with Crippen LogP contribution in [-0.4, -0.2) is 48.5 Å². The Balaban J connectivity index is -0.000000241. The van der Waals surface area contributed by atoms with E-state index in [9.17, 15) is 34.6 Å². The number of nitrogen functional groups attached to an aromatic ring is 1. The number of nitrogens with zero attached hydrogens (tertiary/aromatic N) is 2. The molecule has 3 aromatic rings. The largest absolute Gasteiger partial charge is 0.857 e. The van der Waals surface area contributed by atoms with Gasteiger partial charge in [-0.3, -0.25) is 20.2 Å². The number of carbonyl (C=O) groups is 3. The van der Waals surface area contributed by atoms with Gasteiger partial charge in [-0.25, -0.2) is 0 Å². The second-order valence-corrected chi connectivity index (χ2v) is 8.99. The summed E-state index contributed by atoms with van der Waals surface area (Å²) in [6.07, 6.45) is 2.00. The van der Waals surface area contributed by atoms with Gasteiger partial charge in [0, 0.05) is 49.2 Å². The number of ether oxygens (including phenoxy) is 2. The number of nitrogens with two attached hydrogens (primary N) is 1. The minimum atomic E-state index is -0.445. The van der Waals surface area contributed by atoms with Crippen LogP contribution in [0, 0.1) is 27.2 Å². The van der Waals surface area contributed by atoms with Crippen LogP contribution in [-0.2, 0) is 14.4 Å². The van der Waals surface area contributed by atoms with E-state index in [4.69, 9.17) is 20.3 Å². The molecule has 0 amide bonds. The number of nitro groups is 2. The topological polar surface area (TPSA) is 205 Å². The smallest absolute Gasteiger partial charge is 0.269 e. The third-order valence-corrected chi connectivity index (χ3v) is 5.14. The zero-order valence-electron chi connectivity index (χ0n) is 29.1. The van der Waals surface area contributed by atoms with E-state index in [2.05, 4.69) is 0 Å². The highest BCUT2D eigenvalue weighted by Crippen LogP contribution is 2.16. The molecule has 0 unspecified atom stereocenters. The monoisotopic (exact) mass is 660 g/mol. The Bertz CT molecular complexity index is 1230. The minimum absolute atomic E-state index is 0.0748. The van der Waals surface area contributed by atoms with E-state index in [1.54, 1.807) is 64.3 Å². The van der Waals surface area contributed by atoms with Crippen molar-refractivity contribution in [3.8, 4) is 11.5 Å². The second kappa shape index (κ2) is 32.2. The van der Waals surface area contributed by atoms with Crippen molar-refractivity contribution in [2.24, 2.45) is 0 Å². The quantitative estimate of drug-likeness (QED) is 0.160. The summed E-state index contributed by atoms with van der Waals surface area (Å²) in [6.45, 7) is 12.2. The first-order chi connectivity index (χ1) is 22.1. The van der Waals surface area contributed by atoms with Gasteiger partial charge < -0.3 is 34.7 Å². The highest BCUT2D eigenvalue weighted by atomic mass is 16.6. The molecule has 47 heavy (non-hydrogen) atoms. The van der Waals surface area contributed by atoms with Crippen molar-refractivity contribution >= 4 is 34.4 Å². The fourth-order valence-electron chi connectivity index (χ4n) is 1.97. The first-order valence-electron chi connectivity index (χ1n) is 14.4. The molecule has 13 heteroatoms. The summed E-state index contributed by atoms with van der Waals surface area (Å²) in [6, 6.07) is 19.6. The molecule has 0 fully saturated rings. The molecule has 0 atom stereocenters. The molecule has 0 saturated carbocycles. The predicted molar refractivity (Wildman–Crippen MR) is 184 cm³/mol.